The van der Waals surface area contributed by atoms with Gasteiger partial charge < -0.3 is 37.0 Å². The van der Waals surface area contributed by atoms with Gasteiger partial charge in [0.05, 0.1) is 54.8 Å². The first-order chi connectivity index (χ1) is 61.6. The Labute approximate surface area is 852 Å². The zero-order valence-corrected chi connectivity index (χ0v) is 90.0. The first-order valence-corrected chi connectivity index (χ1v) is 45.0. The number of para-hydroxylation sites is 5. The Bertz CT molecular complexity index is 7410. The molecule has 0 unspecified atom stereocenters. The number of aryl methyl sites for hydroxylation is 12. The molecule has 0 N–H and O–H groups in total. The van der Waals surface area contributed by atoms with Crippen molar-refractivity contribution in [2.24, 2.45) is 0 Å². The van der Waals surface area contributed by atoms with Crippen LogP contribution in [-0.2, 0) is 117 Å². The van der Waals surface area contributed by atoms with Gasteiger partial charge in [0, 0.05) is 213 Å². The fourth-order valence-electron chi connectivity index (χ4n) is 17.4. The number of aromatic nitrogens is 10. The van der Waals surface area contributed by atoms with Crippen LogP contribution in [0.15, 0.2) is 295 Å². The van der Waals surface area contributed by atoms with Gasteiger partial charge in [-0.3, -0.25) is 24.9 Å². The van der Waals surface area contributed by atoms with Gasteiger partial charge in [0.2, 0.25) is 0 Å². The molecule has 2 aliphatic rings. The Balaban J connectivity index is 0.000000148. The van der Waals surface area contributed by atoms with E-state index < -0.39 is 9.84 Å². The molecule has 0 fully saturated rings. The number of sulfone groups is 1. The van der Waals surface area contributed by atoms with Gasteiger partial charge in [0.15, 0.2) is 9.84 Å². The van der Waals surface area contributed by atoms with Crippen molar-refractivity contribution in [3.8, 4) is 125 Å². The molecular weight excluding hydrogens is 2630 g/mol. The maximum absolute atomic E-state index is 13.0. The molecule has 6 aromatic heterocycles. The Hall–Kier alpha value is -10.8. The van der Waals surface area contributed by atoms with Crippen LogP contribution in [0.3, 0.4) is 0 Å². The van der Waals surface area contributed by atoms with E-state index in [9.17, 15) is 8.42 Å². The summed E-state index contributed by atoms with van der Waals surface area (Å²) in [4.78, 5) is 23.6. The molecule has 0 aliphatic carbocycles. The molecule has 0 saturated carbocycles. The Kier molecular flexibility index (Phi) is 33.0. The van der Waals surface area contributed by atoms with Gasteiger partial charge in [-0.25, -0.2) is 8.42 Å². The zero-order valence-electron chi connectivity index (χ0n) is 74.8. The quantitative estimate of drug-likeness (QED) is 0.102. The van der Waals surface area contributed by atoms with Crippen LogP contribution in [0.25, 0.3) is 128 Å². The average molecular weight is 2730 g/mol. The van der Waals surface area contributed by atoms with Crippen molar-refractivity contribution in [2.45, 2.75) is 99.3 Å². The van der Waals surface area contributed by atoms with Crippen LogP contribution in [-0.4, -0.2) is 77.0 Å². The fraction of sp³-hybridized carbons (Fsp3) is 0.147. The molecule has 21 rings (SSSR count). The molecule has 0 saturated heterocycles. The molecule has 132 heavy (non-hydrogen) atoms. The number of fused-ring (bicyclic) bond motifs is 7. The van der Waals surface area contributed by atoms with Gasteiger partial charge >= 0.3 is 0 Å². The topological polar surface area (TPSA) is 151 Å². The van der Waals surface area contributed by atoms with Crippen LogP contribution in [0.2, 0.25) is 0 Å². The minimum Gasteiger partial charge on any atom is -0.539 e. The molecule has 8 heterocycles. The number of methoxy groups -OCH3 is 2. The number of benzene rings is 13. The van der Waals surface area contributed by atoms with Crippen LogP contribution >= 0.6 is 27.3 Å². The Morgan fingerprint density at radius 3 is 1.14 bits per heavy atom. The smallest absolute Gasteiger partial charge is 0.189 e. The minimum absolute atomic E-state index is 0. The van der Waals surface area contributed by atoms with E-state index in [1.54, 1.807) is 44.7 Å². The van der Waals surface area contributed by atoms with E-state index >= 15 is 0 Å². The van der Waals surface area contributed by atoms with Crippen molar-refractivity contribution in [2.75, 3.05) is 20.8 Å². The molecule has 19 aromatic rings. The predicted octanol–water partition coefficient (Wildman–Crippen LogP) is 25.9. The van der Waals surface area contributed by atoms with E-state index in [-0.39, 0.29) is 101 Å². The van der Waals surface area contributed by atoms with Gasteiger partial charge in [0.1, 0.15) is 0 Å². The largest absolute Gasteiger partial charge is 0.539 e. The number of nitrogens with zero attached hydrogens (tertiary/aromatic N) is 10. The molecule has 13 aromatic carbocycles. The normalized spacial score (nSPS) is 11.6. The standard InChI is InChI=1S/C26H25N2O.C23H17N2O2S.C23H17N2S.C19H17N2O.C18H16BrN2O.5Ir/c1-17-8-6-9-18(2)24(17)22-16-21(12-13-23(22)29-5)26-27-14-15-28(26)25-19(3)10-7-11-20(25)4;1-15-6-5-7-16(2)22(15)25-13-12-24-23(25)17-10-11-19-18-8-3-4-9-20(18)28(26,27)21(19)14-17;1-15-6-5-7-16(2)22(15)25-13-12-24-23(25)17-10-11-21-19(14-17)18-8-3-4-9-20(18)26-21;1-13-4-3-5-14(2)18(13)21-10-9-20-19(21)16-6-7-17-15(12-16)8-11-22-17;1-12-5-4-6-13(2)17(12)21-10-9-20-18(21)14-7-8-16(22-3)15(19)11-14;;;;;/h6-11,13-16H,1-5H3;3-9,11-14H,1-2H3;3-9,11-14H,1-2H3;3-5,7,9-10,12H,8,11H2,1-2H3;4-6,8-11H,1-3H3;;;;;/q5*-1;;;;;. The second-order valence-electron chi connectivity index (χ2n) is 31.8. The third-order valence-corrected chi connectivity index (χ3v) is 27.0. The van der Waals surface area contributed by atoms with Crippen LogP contribution in [0.1, 0.15) is 72.3 Å². The third kappa shape index (κ3) is 20.1. The summed E-state index contributed by atoms with van der Waals surface area (Å²) in [6.45, 7) is 26.2. The molecule has 2 aliphatic heterocycles. The van der Waals surface area contributed by atoms with Gasteiger partial charge in [-0.15, -0.1) is 119 Å². The SMILES string of the molecule is COc1c[c-]c(-c2nccn2-c2c(C)cccc2C)cc1-c1c(C)cccc1C.COc1c[c-]c(-c2nccn2-c2c(C)cccc2C)cc1Br.Cc1cccc(C)c1-n1ccnc1-c1[c-]cc2c(c1)CCO2.Cc1cccc(C)c1-n1ccnc1-c1[c-]cc2c(c1)S(=O)(=O)c1ccccc1-2.Cc1cccc(C)c1-n1ccnc1-c1[c-]cc2sc3ccccc3c2c1.[Ir].[Ir].[Ir].[Ir].[Ir]. The predicted molar refractivity (Wildman–Crippen MR) is 515 cm³/mol. The number of hydrogen-bond donors (Lipinski definition) is 0. The number of halogens is 1. The zero-order chi connectivity index (χ0) is 88.5. The van der Waals surface area contributed by atoms with Gasteiger partial charge in [-0.2, -0.15) is 11.3 Å². The maximum Gasteiger partial charge on any atom is 0.189 e. The number of imidazole rings is 5. The van der Waals surface area contributed by atoms with Crippen molar-refractivity contribution in [1.82, 2.24) is 47.8 Å². The van der Waals surface area contributed by atoms with Crippen molar-refractivity contribution >= 4 is 57.3 Å². The molecule has 23 heteroatoms. The van der Waals surface area contributed by atoms with Gasteiger partial charge in [0.25, 0.3) is 0 Å². The summed E-state index contributed by atoms with van der Waals surface area (Å²) < 4.78 is 56.6. The molecule has 15 nitrogen and oxygen atoms in total. The van der Waals surface area contributed by atoms with Crippen LogP contribution in [0.5, 0.6) is 17.2 Å². The monoisotopic (exact) mass is 2730 g/mol. The number of ether oxygens (including phenoxy) is 3. The second kappa shape index (κ2) is 43.5. The summed E-state index contributed by atoms with van der Waals surface area (Å²) in [5.41, 5.74) is 29.8. The van der Waals surface area contributed by atoms with Crippen LogP contribution in [0.4, 0.5) is 0 Å². The van der Waals surface area contributed by atoms with Crippen molar-refractivity contribution in [1.29, 1.82) is 0 Å². The summed E-state index contributed by atoms with van der Waals surface area (Å²) in [6.07, 6.45) is 20.0. The molecule has 0 atom stereocenters. The molecule has 5 radical (unpaired) electrons. The van der Waals surface area contributed by atoms with E-state index in [2.05, 4.69) is 324 Å². The maximum atomic E-state index is 13.0. The molecular formula is C109H92BrIr5N10O5S2-5. The summed E-state index contributed by atoms with van der Waals surface area (Å²) >= 11 is 5.34. The summed E-state index contributed by atoms with van der Waals surface area (Å²) in [5, 5.41) is 2.57. The van der Waals surface area contributed by atoms with E-state index in [0.717, 1.165) is 120 Å². The molecule has 0 bridgehead atoms. The summed E-state index contributed by atoms with van der Waals surface area (Å²) in [6, 6.07) is 89.9. The van der Waals surface area contributed by atoms with Crippen LogP contribution in [0, 0.1) is 113 Å². The van der Waals surface area contributed by atoms with Crippen molar-refractivity contribution in [3.05, 3.63) is 387 Å². The van der Waals surface area contributed by atoms with E-state index in [1.807, 2.05) is 114 Å². The second-order valence-corrected chi connectivity index (χ2v) is 35.7. The minimum atomic E-state index is -3.53. The molecule has 0 amide bonds. The first-order valence-electron chi connectivity index (χ1n) is 41.9. The summed E-state index contributed by atoms with van der Waals surface area (Å²) in [5.74, 6) is 6.79. The molecule has 0 spiro atoms. The van der Waals surface area contributed by atoms with Gasteiger partial charge in [-0.05, 0) is 199 Å². The van der Waals surface area contributed by atoms with Crippen molar-refractivity contribution < 1.29 is 123 Å². The average Bonchev–Trinajstić information content (AvgIpc) is 1.57. The van der Waals surface area contributed by atoms with Crippen LogP contribution < -0.4 is 14.2 Å². The fourth-order valence-corrected chi connectivity index (χ4v) is 20.7. The third-order valence-electron chi connectivity index (χ3n) is 23.4. The molecule has 677 valence electrons. The number of rotatable bonds is 13. The van der Waals surface area contributed by atoms with Gasteiger partial charge in [-0.1, -0.05) is 184 Å². The Morgan fingerprint density at radius 2 is 0.705 bits per heavy atom. The van der Waals surface area contributed by atoms with E-state index in [1.165, 1.54) is 98.3 Å². The number of hydrogen-bond acceptors (Lipinski definition) is 11. The first kappa shape index (κ1) is 100. The number of thiophene rings is 1. The van der Waals surface area contributed by atoms with E-state index in [0.29, 0.717) is 26.7 Å². The Morgan fingerprint density at radius 1 is 0.348 bits per heavy atom. The summed E-state index contributed by atoms with van der Waals surface area (Å²) in [7, 11) is -0.179. The van der Waals surface area contributed by atoms with Crippen molar-refractivity contribution in [3.63, 3.8) is 0 Å². The van der Waals surface area contributed by atoms with E-state index in [4.69, 9.17) is 14.2 Å².